The molecule has 13 heteroatoms. The predicted molar refractivity (Wildman–Crippen MR) is 114 cm³/mol. The number of esters is 1. The van der Waals surface area contributed by atoms with Crippen LogP contribution in [0.25, 0.3) is 0 Å². The average Bonchev–Trinajstić information content (AvgIpc) is 2.69. The lowest BCUT2D eigenvalue weighted by molar-refractivity contribution is -0.384. The summed E-state index contributed by atoms with van der Waals surface area (Å²) in [5, 5.41) is 13.2. The zero-order chi connectivity index (χ0) is 23.5. The van der Waals surface area contributed by atoms with E-state index in [1.54, 1.807) is 0 Å². The molecule has 0 saturated carbocycles. The number of amides is 1. The molecule has 1 atom stereocenters. The Bertz CT molecular complexity index is 1150. The monoisotopic (exact) mass is 489 g/mol. The number of non-ortho nitro benzene ring substituents is 1. The van der Waals surface area contributed by atoms with Crippen LogP contribution < -0.4 is 5.32 Å². The minimum atomic E-state index is -3.92. The van der Waals surface area contributed by atoms with Gasteiger partial charge in [-0.1, -0.05) is 23.2 Å². The summed E-state index contributed by atoms with van der Waals surface area (Å²) in [7, 11) is -1.31. The maximum Gasteiger partial charge on any atom is 0.338 e. The van der Waals surface area contributed by atoms with Crippen LogP contribution in [-0.2, 0) is 19.6 Å². The summed E-state index contributed by atoms with van der Waals surface area (Å²) >= 11 is 11.9. The first-order chi connectivity index (χ1) is 14.3. The molecule has 0 aliphatic heterocycles. The highest BCUT2D eigenvalue weighted by Gasteiger charge is 2.25. The predicted octanol–water partition coefficient (Wildman–Crippen LogP) is 3.34. The zero-order valence-corrected chi connectivity index (χ0v) is 18.8. The third kappa shape index (κ3) is 5.70. The summed E-state index contributed by atoms with van der Waals surface area (Å²) in [4.78, 5) is 34.7. The fourth-order valence-electron chi connectivity index (χ4n) is 2.26. The molecule has 2 aromatic rings. The molecule has 0 heterocycles. The van der Waals surface area contributed by atoms with E-state index in [9.17, 15) is 28.1 Å². The van der Waals surface area contributed by atoms with E-state index in [0.29, 0.717) is 0 Å². The minimum Gasteiger partial charge on any atom is -0.449 e. The highest BCUT2D eigenvalue weighted by atomic mass is 35.5. The van der Waals surface area contributed by atoms with Crippen molar-refractivity contribution in [3.05, 3.63) is 62.1 Å². The second kappa shape index (κ2) is 9.60. The number of carbonyl (C=O) groups excluding carboxylic acids is 2. The van der Waals surface area contributed by atoms with Gasteiger partial charge < -0.3 is 10.1 Å². The number of benzene rings is 2. The van der Waals surface area contributed by atoms with E-state index in [2.05, 4.69) is 5.32 Å². The van der Waals surface area contributed by atoms with Crippen LogP contribution in [0.3, 0.4) is 0 Å². The highest BCUT2D eigenvalue weighted by molar-refractivity contribution is 7.89. The zero-order valence-electron chi connectivity index (χ0n) is 16.5. The van der Waals surface area contributed by atoms with Crippen LogP contribution in [0.4, 0.5) is 11.4 Å². The van der Waals surface area contributed by atoms with Crippen molar-refractivity contribution in [1.82, 2.24) is 4.31 Å². The van der Waals surface area contributed by atoms with E-state index in [0.717, 1.165) is 16.4 Å². The molecule has 0 radical (unpaired) electrons. The van der Waals surface area contributed by atoms with Gasteiger partial charge in [-0.05, 0) is 31.2 Å². The fourth-order valence-corrected chi connectivity index (χ4v) is 3.82. The molecule has 2 rings (SSSR count). The number of nitrogens with zero attached hydrogens (tertiary/aromatic N) is 2. The molecule has 0 aromatic heterocycles. The fraction of sp³-hybridized carbons (Fsp3) is 0.222. The third-order valence-electron chi connectivity index (χ3n) is 4.00. The number of anilines is 1. The SMILES string of the molecule is CC(OC(=O)c1ccc(Cl)c(S(=O)(=O)N(C)C)c1)C(=O)Nc1cc([N+](=O)[O-])ccc1Cl. The topological polar surface area (TPSA) is 136 Å². The van der Waals surface area contributed by atoms with Crippen LogP contribution in [0.2, 0.25) is 10.0 Å². The number of sulfonamides is 1. The van der Waals surface area contributed by atoms with Crippen molar-refractivity contribution >= 4 is 56.5 Å². The van der Waals surface area contributed by atoms with Crippen LogP contribution in [0.5, 0.6) is 0 Å². The Morgan fingerprint density at radius 3 is 2.32 bits per heavy atom. The van der Waals surface area contributed by atoms with Crippen LogP contribution in [-0.4, -0.2) is 49.7 Å². The lowest BCUT2D eigenvalue weighted by Gasteiger charge is -2.16. The van der Waals surface area contributed by atoms with Gasteiger partial charge in [0.15, 0.2) is 6.10 Å². The maximum absolute atomic E-state index is 12.4. The molecule has 0 fully saturated rings. The average molecular weight is 490 g/mol. The van der Waals surface area contributed by atoms with Crippen molar-refractivity contribution in [3.8, 4) is 0 Å². The van der Waals surface area contributed by atoms with Gasteiger partial charge in [0, 0.05) is 26.2 Å². The van der Waals surface area contributed by atoms with Crippen molar-refractivity contribution in [3.63, 3.8) is 0 Å². The molecule has 1 unspecified atom stereocenters. The van der Waals surface area contributed by atoms with Gasteiger partial charge in [0.2, 0.25) is 10.0 Å². The number of nitrogens with one attached hydrogen (secondary N) is 1. The Labute approximate surface area is 187 Å². The molecule has 0 bridgehead atoms. The summed E-state index contributed by atoms with van der Waals surface area (Å²) in [5.41, 5.74) is -0.465. The van der Waals surface area contributed by atoms with E-state index >= 15 is 0 Å². The smallest absolute Gasteiger partial charge is 0.338 e. The molecule has 166 valence electrons. The lowest BCUT2D eigenvalue weighted by Crippen LogP contribution is -2.30. The number of nitro groups is 1. The molecular weight excluding hydrogens is 473 g/mol. The summed E-state index contributed by atoms with van der Waals surface area (Å²) < 4.78 is 30.7. The van der Waals surface area contributed by atoms with Gasteiger partial charge in [-0.2, -0.15) is 0 Å². The largest absolute Gasteiger partial charge is 0.449 e. The molecule has 0 aliphatic rings. The number of carbonyl (C=O) groups is 2. The van der Waals surface area contributed by atoms with Crippen LogP contribution >= 0.6 is 23.2 Å². The normalized spacial score (nSPS) is 12.3. The number of halogens is 2. The number of rotatable bonds is 7. The third-order valence-corrected chi connectivity index (χ3v) is 6.62. The Morgan fingerprint density at radius 2 is 1.74 bits per heavy atom. The maximum atomic E-state index is 12.4. The van der Waals surface area contributed by atoms with Gasteiger partial charge in [0.1, 0.15) is 4.90 Å². The quantitative estimate of drug-likeness (QED) is 0.357. The lowest BCUT2D eigenvalue weighted by atomic mass is 10.2. The van der Waals surface area contributed by atoms with Crippen molar-refractivity contribution in [2.75, 3.05) is 19.4 Å². The Kier molecular flexibility index (Phi) is 7.60. The first-order valence-electron chi connectivity index (χ1n) is 8.52. The molecule has 1 N–H and O–H groups in total. The molecular formula is C18H17Cl2N3O7S. The van der Waals surface area contributed by atoms with E-state index < -0.39 is 32.9 Å². The van der Waals surface area contributed by atoms with Crippen LogP contribution in [0, 0.1) is 10.1 Å². The number of ether oxygens (including phenoxy) is 1. The number of hydrogen-bond donors (Lipinski definition) is 1. The molecule has 0 saturated heterocycles. The second-order valence-corrected chi connectivity index (χ2v) is 9.33. The summed E-state index contributed by atoms with van der Waals surface area (Å²) in [6, 6.07) is 6.99. The minimum absolute atomic E-state index is 0.0328. The van der Waals surface area contributed by atoms with Gasteiger partial charge in [-0.25, -0.2) is 17.5 Å². The standard InChI is InChI=1S/C18H17Cl2N3O7S/c1-10(17(24)21-15-9-12(23(26)27)5-7-13(15)19)30-18(25)11-4-6-14(20)16(8-11)31(28,29)22(2)3/h4-10H,1-3H3,(H,21,24). The molecule has 31 heavy (non-hydrogen) atoms. The molecule has 1 amide bonds. The summed E-state index contributed by atoms with van der Waals surface area (Å²) in [6.45, 7) is 1.27. The van der Waals surface area contributed by atoms with Crippen molar-refractivity contribution in [1.29, 1.82) is 0 Å². The molecule has 10 nitrogen and oxygen atoms in total. The van der Waals surface area contributed by atoms with E-state index in [4.69, 9.17) is 27.9 Å². The first kappa shape index (κ1) is 24.5. The van der Waals surface area contributed by atoms with Gasteiger partial charge in [-0.15, -0.1) is 0 Å². The first-order valence-corrected chi connectivity index (χ1v) is 10.7. The molecule has 0 spiro atoms. The molecule has 2 aromatic carbocycles. The van der Waals surface area contributed by atoms with E-state index in [1.165, 1.54) is 45.3 Å². The second-order valence-electron chi connectivity index (χ2n) is 6.39. The van der Waals surface area contributed by atoms with E-state index in [-0.39, 0.29) is 31.9 Å². The molecule has 0 aliphatic carbocycles. The van der Waals surface area contributed by atoms with Gasteiger partial charge in [-0.3, -0.25) is 14.9 Å². The van der Waals surface area contributed by atoms with Gasteiger partial charge >= 0.3 is 5.97 Å². The number of nitro benzene ring substituents is 1. The highest BCUT2D eigenvalue weighted by Crippen LogP contribution is 2.27. The van der Waals surface area contributed by atoms with Crippen LogP contribution in [0.1, 0.15) is 17.3 Å². The Hall–Kier alpha value is -2.73. The van der Waals surface area contributed by atoms with Gasteiger partial charge in [0.05, 0.1) is 26.2 Å². The Balaban J connectivity index is 2.18. The van der Waals surface area contributed by atoms with E-state index in [1.807, 2.05) is 0 Å². The summed E-state index contributed by atoms with van der Waals surface area (Å²) in [5.74, 6) is -1.77. The van der Waals surface area contributed by atoms with Crippen LogP contribution in [0.15, 0.2) is 41.3 Å². The number of hydrogen-bond acceptors (Lipinski definition) is 7. The van der Waals surface area contributed by atoms with Crippen molar-refractivity contribution in [2.24, 2.45) is 0 Å². The van der Waals surface area contributed by atoms with Crippen molar-refractivity contribution < 1.29 is 27.7 Å². The van der Waals surface area contributed by atoms with Crippen molar-refractivity contribution in [2.45, 2.75) is 17.9 Å². The summed E-state index contributed by atoms with van der Waals surface area (Å²) in [6.07, 6.45) is -1.33. The van der Waals surface area contributed by atoms with Gasteiger partial charge in [0.25, 0.3) is 11.6 Å². The Morgan fingerprint density at radius 1 is 1.13 bits per heavy atom.